The van der Waals surface area contributed by atoms with E-state index in [0.717, 1.165) is 12.5 Å². The lowest BCUT2D eigenvalue weighted by molar-refractivity contribution is -0.385. The van der Waals surface area contributed by atoms with Gasteiger partial charge in [-0.1, -0.05) is 37.8 Å². The van der Waals surface area contributed by atoms with Crippen molar-refractivity contribution in [2.24, 2.45) is 11.8 Å². The molecule has 1 aliphatic rings. The summed E-state index contributed by atoms with van der Waals surface area (Å²) in [6, 6.07) is 4.71. The van der Waals surface area contributed by atoms with E-state index in [1.165, 1.54) is 31.7 Å². The van der Waals surface area contributed by atoms with Crippen LogP contribution in [0.3, 0.4) is 0 Å². The van der Waals surface area contributed by atoms with Gasteiger partial charge in [0.2, 0.25) is 0 Å². The van der Waals surface area contributed by atoms with Crippen LogP contribution >= 0.6 is 11.6 Å². The van der Waals surface area contributed by atoms with Gasteiger partial charge in [-0.3, -0.25) is 10.1 Å². The first-order chi connectivity index (χ1) is 9.58. The minimum Gasteiger partial charge on any atom is -0.312 e. The molecule has 0 amide bonds. The van der Waals surface area contributed by atoms with Gasteiger partial charge in [-0.05, 0) is 36.9 Å². The number of rotatable bonds is 5. The number of benzene rings is 1. The molecule has 5 heteroatoms. The fourth-order valence-electron chi connectivity index (χ4n) is 2.96. The Morgan fingerprint density at radius 2 is 2.15 bits per heavy atom. The quantitative estimate of drug-likeness (QED) is 0.655. The van der Waals surface area contributed by atoms with E-state index < -0.39 is 0 Å². The number of nitro benzene ring substituents is 1. The zero-order valence-electron chi connectivity index (χ0n) is 11.8. The van der Waals surface area contributed by atoms with Crippen molar-refractivity contribution >= 4 is 17.3 Å². The molecule has 1 aromatic rings. The molecule has 1 aromatic carbocycles. The molecule has 0 spiro atoms. The van der Waals surface area contributed by atoms with Gasteiger partial charge in [0.25, 0.3) is 5.69 Å². The van der Waals surface area contributed by atoms with E-state index in [1.54, 1.807) is 12.1 Å². The first-order valence-corrected chi connectivity index (χ1v) is 7.59. The second kappa shape index (κ2) is 7.04. The largest absolute Gasteiger partial charge is 0.312 e. The van der Waals surface area contributed by atoms with Crippen LogP contribution in [0.4, 0.5) is 5.69 Å². The first-order valence-electron chi connectivity index (χ1n) is 7.21. The van der Waals surface area contributed by atoms with Gasteiger partial charge in [0, 0.05) is 23.2 Å². The third-order valence-corrected chi connectivity index (χ3v) is 4.48. The van der Waals surface area contributed by atoms with Crippen LogP contribution in [0, 0.1) is 22.0 Å². The van der Waals surface area contributed by atoms with Crippen molar-refractivity contribution in [3.63, 3.8) is 0 Å². The highest BCUT2D eigenvalue weighted by atomic mass is 35.5. The van der Waals surface area contributed by atoms with Gasteiger partial charge in [-0.15, -0.1) is 0 Å². The summed E-state index contributed by atoms with van der Waals surface area (Å²) >= 11 is 5.92. The van der Waals surface area contributed by atoms with E-state index in [4.69, 9.17) is 11.6 Å². The molecule has 0 aliphatic heterocycles. The van der Waals surface area contributed by atoms with E-state index in [1.807, 2.05) is 0 Å². The zero-order chi connectivity index (χ0) is 14.5. The van der Waals surface area contributed by atoms with Gasteiger partial charge < -0.3 is 5.32 Å². The Bertz CT molecular complexity index is 479. The van der Waals surface area contributed by atoms with Crippen LogP contribution in [0.25, 0.3) is 0 Å². The Morgan fingerprint density at radius 3 is 2.85 bits per heavy atom. The van der Waals surface area contributed by atoms with Gasteiger partial charge in [-0.2, -0.15) is 0 Å². The van der Waals surface area contributed by atoms with Crippen molar-refractivity contribution in [2.75, 3.05) is 6.54 Å². The predicted octanol–water partition coefficient (Wildman–Crippen LogP) is 4.16. The van der Waals surface area contributed by atoms with Gasteiger partial charge in [0.05, 0.1) is 4.92 Å². The fraction of sp³-hybridized carbons (Fsp3) is 0.600. The van der Waals surface area contributed by atoms with Crippen LogP contribution in [-0.2, 0) is 6.54 Å². The van der Waals surface area contributed by atoms with Crippen molar-refractivity contribution < 1.29 is 4.92 Å². The molecule has 2 rings (SSSR count). The zero-order valence-corrected chi connectivity index (χ0v) is 12.5. The maximum absolute atomic E-state index is 11.0. The topological polar surface area (TPSA) is 55.2 Å². The number of nitrogens with one attached hydrogen (secondary N) is 1. The van der Waals surface area contributed by atoms with Crippen LogP contribution in [0.2, 0.25) is 5.02 Å². The summed E-state index contributed by atoms with van der Waals surface area (Å²) in [4.78, 5) is 10.6. The molecule has 2 atom stereocenters. The van der Waals surface area contributed by atoms with Crippen LogP contribution in [-0.4, -0.2) is 11.5 Å². The molecule has 1 aliphatic carbocycles. The Morgan fingerprint density at radius 1 is 1.40 bits per heavy atom. The lowest BCUT2D eigenvalue weighted by Crippen LogP contribution is -2.29. The second-order valence-corrected chi connectivity index (χ2v) is 6.12. The van der Waals surface area contributed by atoms with E-state index in [0.29, 0.717) is 23.0 Å². The number of hydrogen-bond donors (Lipinski definition) is 1. The lowest BCUT2D eigenvalue weighted by Gasteiger charge is -2.28. The number of hydrogen-bond acceptors (Lipinski definition) is 3. The normalized spacial score (nSPS) is 22.7. The molecular formula is C15H21ClN2O2. The molecule has 20 heavy (non-hydrogen) atoms. The smallest absolute Gasteiger partial charge is 0.273 e. The summed E-state index contributed by atoms with van der Waals surface area (Å²) in [5, 5.41) is 14.9. The molecule has 4 nitrogen and oxygen atoms in total. The highest BCUT2D eigenvalue weighted by Crippen LogP contribution is 2.29. The molecule has 0 saturated heterocycles. The van der Waals surface area contributed by atoms with Crippen molar-refractivity contribution in [2.45, 2.75) is 39.2 Å². The van der Waals surface area contributed by atoms with Crippen molar-refractivity contribution in [1.29, 1.82) is 0 Å². The molecule has 1 fully saturated rings. The van der Waals surface area contributed by atoms with E-state index in [-0.39, 0.29) is 10.6 Å². The summed E-state index contributed by atoms with van der Waals surface area (Å²) < 4.78 is 0. The molecule has 0 heterocycles. The fourth-order valence-corrected chi connectivity index (χ4v) is 3.16. The Hall–Kier alpha value is -1.13. The molecule has 1 saturated carbocycles. The minimum absolute atomic E-state index is 0.138. The van der Waals surface area contributed by atoms with Crippen LogP contribution in [0.15, 0.2) is 18.2 Å². The number of nitrogens with zero attached hydrogens (tertiary/aromatic N) is 1. The SMILES string of the molecule is CC1CCCCC1CNCc1cc(Cl)ccc1[N+](=O)[O-]. The standard InChI is InChI=1S/C15H21ClN2O2/c1-11-4-2-3-5-12(11)9-17-10-13-8-14(16)6-7-15(13)18(19)20/h6-8,11-12,17H,2-5,9-10H2,1H3. The average Bonchev–Trinajstić information content (AvgIpc) is 2.41. The summed E-state index contributed by atoms with van der Waals surface area (Å²) in [6.07, 6.45) is 5.18. The summed E-state index contributed by atoms with van der Waals surface area (Å²) in [5.41, 5.74) is 0.796. The molecule has 0 bridgehead atoms. The minimum atomic E-state index is -0.351. The second-order valence-electron chi connectivity index (χ2n) is 5.68. The molecular weight excluding hydrogens is 276 g/mol. The third-order valence-electron chi connectivity index (χ3n) is 4.25. The Balaban J connectivity index is 1.93. The molecule has 110 valence electrons. The Kier molecular flexibility index (Phi) is 5.38. The van der Waals surface area contributed by atoms with E-state index in [9.17, 15) is 10.1 Å². The summed E-state index contributed by atoms with van der Waals surface area (Å²) in [6.45, 7) is 3.72. The third kappa shape index (κ3) is 3.93. The first kappa shape index (κ1) is 15.3. The average molecular weight is 297 g/mol. The van der Waals surface area contributed by atoms with Crippen molar-refractivity contribution in [3.05, 3.63) is 38.9 Å². The van der Waals surface area contributed by atoms with Gasteiger partial charge >= 0.3 is 0 Å². The monoisotopic (exact) mass is 296 g/mol. The number of nitro groups is 1. The summed E-state index contributed by atoms with van der Waals surface area (Å²) in [5.74, 6) is 1.42. The maximum Gasteiger partial charge on any atom is 0.273 e. The van der Waals surface area contributed by atoms with Crippen LogP contribution in [0.5, 0.6) is 0 Å². The van der Waals surface area contributed by atoms with Crippen LogP contribution in [0.1, 0.15) is 38.2 Å². The number of halogens is 1. The predicted molar refractivity (Wildman–Crippen MR) is 80.9 cm³/mol. The Labute approximate surface area is 124 Å². The lowest BCUT2D eigenvalue weighted by atomic mass is 9.80. The summed E-state index contributed by atoms with van der Waals surface area (Å²) in [7, 11) is 0. The van der Waals surface area contributed by atoms with Gasteiger partial charge in [-0.25, -0.2) is 0 Å². The molecule has 0 aromatic heterocycles. The molecule has 1 N–H and O–H groups in total. The van der Waals surface area contributed by atoms with Crippen LogP contribution < -0.4 is 5.32 Å². The molecule has 0 radical (unpaired) electrons. The van der Waals surface area contributed by atoms with E-state index in [2.05, 4.69) is 12.2 Å². The van der Waals surface area contributed by atoms with E-state index >= 15 is 0 Å². The highest BCUT2D eigenvalue weighted by molar-refractivity contribution is 6.30. The van der Waals surface area contributed by atoms with Gasteiger partial charge in [0.15, 0.2) is 0 Å². The van der Waals surface area contributed by atoms with Gasteiger partial charge in [0.1, 0.15) is 0 Å². The molecule has 2 unspecified atom stereocenters. The maximum atomic E-state index is 11.0. The van der Waals surface area contributed by atoms with Crippen molar-refractivity contribution in [3.8, 4) is 0 Å². The van der Waals surface area contributed by atoms with Crippen molar-refractivity contribution in [1.82, 2.24) is 5.32 Å². The highest BCUT2D eigenvalue weighted by Gasteiger charge is 2.21.